The average Bonchev–Trinajstić information content (AvgIpc) is 3.07. The van der Waals surface area contributed by atoms with Gasteiger partial charge in [0.1, 0.15) is 5.82 Å². The highest BCUT2D eigenvalue weighted by Crippen LogP contribution is 2.20. The third-order valence-electron chi connectivity index (χ3n) is 4.98. The summed E-state index contributed by atoms with van der Waals surface area (Å²) in [7, 11) is 1.92. The Balaban J connectivity index is 2.39. The van der Waals surface area contributed by atoms with Crippen LogP contribution in [0.15, 0.2) is 45.6 Å². The average molecular weight is 405 g/mol. The SMILES string of the molecule is CC[C@H](CO)N=C(N)N=C(C1=C(C)N(C(C)C)CN1)N(C)Cc1ccc(F)cc1. The van der Waals surface area contributed by atoms with Crippen molar-refractivity contribution in [1.82, 2.24) is 15.1 Å². The molecule has 0 bridgehead atoms. The Morgan fingerprint density at radius 1 is 1.34 bits per heavy atom. The zero-order chi connectivity index (χ0) is 21.6. The number of allylic oxidation sites excluding steroid dienone is 1. The standard InChI is InChI=1S/C21H33FN6O/c1-6-18(12-29)25-21(23)26-20(19-15(4)28(13-24-19)14(2)3)27(5)11-16-7-9-17(22)10-8-16/h7-10,14,18,24,29H,6,11-13H2,1-5H3,(H2,23,25)/t18-/m1/s1. The number of likely N-dealkylation sites (N-methyl/N-ethyl adjacent to an activating group) is 1. The molecule has 1 aliphatic rings. The van der Waals surface area contributed by atoms with Crippen molar-refractivity contribution in [2.75, 3.05) is 20.3 Å². The third kappa shape index (κ3) is 5.93. The van der Waals surface area contributed by atoms with Gasteiger partial charge in [-0.3, -0.25) is 0 Å². The molecule has 0 saturated heterocycles. The van der Waals surface area contributed by atoms with Crippen LogP contribution in [-0.2, 0) is 6.54 Å². The van der Waals surface area contributed by atoms with E-state index in [9.17, 15) is 9.50 Å². The van der Waals surface area contributed by atoms with Gasteiger partial charge in [0.15, 0.2) is 5.84 Å². The summed E-state index contributed by atoms with van der Waals surface area (Å²) in [5, 5.41) is 12.8. The molecule has 1 aliphatic heterocycles. The van der Waals surface area contributed by atoms with E-state index in [2.05, 4.69) is 34.0 Å². The summed E-state index contributed by atoms with van der Waals surface area (Å²) in [5.74, 6) is 0.515. The first-order chi connectivity index (χ1) is 13.8. The van der Waals surface area contributed by atoms with E-state index in [0.717, 1.165) is 17.0 Å². The molecule has 0 amide bonds. The van der Waals surface area contributed by atoms with Gasteiger partial charge in [-0.25, -0.2) is 9.38 Å². The number of hydrogen-bond donors (Lipinski definition) is 3. The lowest BCUT2D eigenvalue weighted by Crippen LogP contribution is -2.34. The highest BCUT2D eigenvalue weighted by atomic mass is 19.1. The van der Waals surface area contributed by atoms with E-state index < -0.39 is 0 Å². The second-order valence-corrected chi connectivity index (χ2v) is 7.51. The minimum absolute atomic E-state index is 0.0748. The molecule has 0 radical (unpaired) electrons. The summed E-state index contributed by atoms with van der Waals surface area (Å²) in [4.78, 5) is 13.1. The summed E-state index contributed by atoms with van der Waals surface area (Å²) >= 11 is 0. The fourth-order valence-electron chi connectivity index (χ4n) is 3.22. The Kier molecular flexibility index (Phi) is 8.01. The first-order valence-electron chi connectivity index (χ1n) is 9.96. The van der Waals surface area contributed by atoms with Crippen LogP contribution in [0.3, 0.4) is 0 Å². The number of nitrogens with two attached hydrogens (primary N) is 1. The van der Waals surface area contributed by atoms with Crippen molar-refractivity contribution in [2.45, 2.75) is 52.7 Å². The predicted molar refractivity (Wildman–Crippen MR) is 116 cm³/mol. The molecule has 7 nitrogen and oxygen atoms in total. The zero-order valence-corrected chi connectivity index (χ0v) is 18.0. The number of amidine groups is 1. The van der Waals surface area contributed by atoms with Gasteiger partial charge in [0.05, 0.1) is 25.0 Å². The largest absolute Gasteiger partial charge is 0.394 e. The maximum atomic E-state index is 13.2. The molecule has 1 atom stereocenters. The Hall–Kier alpha value is -2.61. The molecule has 1 heterocycles. The van der Waals surface area contributed by atoms with Crippen LogP contribution in [0.2, 0.25) is 0 Å². The topological polar surface area (TPSA) is 89.5 Å². The van der Waals surface area contributed by atoms with E-state index in [1.54, 1.807) is 12.1 Å². The molecular weight excluding hydrogens is 371 g/mol. The number of benzene rings is 1. The van der Waals surface area contributed by atoms with Crippen molar-refractivity contribution in [3.8, 4) is 0 Å². The molecule has 1 aromatic carbocycles. The fourth-order valence-corrected chi connectivity index (χ4v) is 3.22. The Morgan fingerprint density at radius 3 is 2.52 bits per heavy atom. The molecule has 0 spiro atoms. The lowest BCUT2D eigenvalue weighted by molar-refractivity contribution is 0.264. The predicted octanol–water partition coefficient (Wildman–Crippen LogP) is 2.24. The van der Waals surface area contributed by atoms with Gasteiger partial charge >= 0.3 is 0 Å². The second kappa shape index (κ2) is 10.2. The van der Waals surface area contributed by atoms with Crippen LogP contribution in [0.25, 0.3) is 0 Å². The van der Waals surface area contributed by atoms with Crippen molar-refractivity contribution in [1.29, 1.82) is 0 Å². The number of rotatable bonds is 7. The normalized spacial score (nSPS) is 16.5. The van der Waals surface area contributed by atoms with E-state index in [0.29, 0.717) is 31.5 Å². The Bertz CT molecular complexity index is 768. The van der Waals surface area contributed by atoms with Gasteiger partial charge in [-0.2, -0.15) is 4.99 Å². The van der Waals surface area contributed by atoms with Gasteiger partial charge < -0.3 is 26.0 Å². The first kappa shape index (κ1) is 22.7. The van der Waals surface area contributed by atoms with Crippen LogP contribution >= 0.6 is 0 Å². The number of hydrogen-bond acceptors (Lipinski definition) is 4. The molecule has 2 rings (SSSR count). The fraction of sp³-hybridized carbons (Fsp3) is 0.524. The van der Waals surface area contributed by atoms with Crippen LogP contribution in [0.1, 0.15) is 39.7 Å². The molecule has 4 N–H and O–H groups in total. The molecule has 0 saturated carbocycles. The summed E-state index contributed by atoms with van der Waals surface area (Å²) in [5.41, 5.74) is 9.01. The van der Waals surface area contributed by atoms with E-state index >= 15 is 0 Å². The molecular formula is C21H33FN6O. The lowest BCUT2D eigenvalue weighted by Gasteiger charge is -2.24. The van der Waals surface area contributed by atoms with Crippen molar-refractivity contribution >= 4 is 11.8 Å². The van der Waals surface area contributed by atoms with Gasteiger partial charge in [0.25, 0.3) is 0 Å². The summed E-state index contributed by atoms with van der Waals surface area (Å²) in [6, 6.07) is 6.46. The van der Waals surface area contributed by atoms with Crippen molar-refractivity contribution in [3.63, 3.8) is 0 Å². The number of aliphatic imine (C=N–C) groups is 2. The minimum atomic E-state index is -0.277. The molecule has 0 fully saturated rings. The Labute approximate surface area is 172 Å². The van der Waals surface area contributed by atoms with E-state index in [1.165, 1.54) is 12.1 Å². The maximum Gasteiger partial charge on any atom is 0.217 e. The third-order valence-corrected chi connectivity index (χ3v) is 4.98. The Morgan fingerprint density at radius 2 is 2.00 bits per heavy atom. The van der Waals surface area contributed by atoms with Crippen molar-refractivity contribution in [3.05, 3.63) is 47.0 Å². The highest BCUT2D eigenvalue weighted by molar-refractivity contribution is 6.05. The summed E-state index contributed by atoms with van der Waals surface area (Å²) in [6.07, 6.45) is 0.675. The number of aliphatic hydroxyl groups excluding tert-OH is 1. The number of nitrogens with one attached hydrogen (secondary N) is 1. The zero-order valence-electron chi connectivity index (χ0n) is 18.0. The van der Waals surface area contributed by atoms with Crippen LogP contribution in [-0.4, -0.2) is 59.1 Å². The van der Waals surface area contributed by atoms with Gasteiger partial charge in [-0.1, -0.05) is 19.1 Å². The second-order valence-electron chi connectivity index (χ2n) is 7.51. The molecule has 160 valence electrons. The first-order valence-corrected chi connectivity index (χ1v) is 9.96. The molecule has 0 unspecified atom stereocenters. The van der Waals surface area contributed by atoms with Crippen LogP contribution < -0.4 is 11.1 Å². The maximum absolute atomic E-state index is 13.2. The molecule has 1 aromatic rings. The number of halogens is 1. The van der Waals surface area contributed by atoms with Crippen LogP contribution in [0, 0.1) is 5.82 Å². The molecule has 0 aliphatic carbocycles. The van der Waals surface area contributed by atoms with Crippen molar-refractivity contribution in [2.24, 2.45) is 15.7 Å². The van der Waals surface area contributed by atoms with E-state index in [4.69, 9.17) is 5.73 Å². The van der Waals surface area contributed by atoms with Gasteiger partial charge in [0.2, 0.25) is 5.96 Å². The van der Waals surface area contributed by atoms with Crippen LogP contribution in [0.4, 0.5) is 4.39 Å². The lowest BCUT2D eigenvalue weighted by atomic mass is 10.2. The van der Waals surface area contributed by atoms with Crippen molar-refractivity contribution < 1.29 is 9.50 Å². The number of nitrogens with zero attached hydrogens (tertiary/aromatic N) is 4. The number of aliphatic hydroxyl groups is 1. The number of guanidine groups is 1. The highest BCUT2D eigenvalue weighted by Gasteiger charge is 2.26. The van der Waals surface area contributed by atoms with Crippen LogP contribution in [0.5, 0.6) is 0 Å². The molecule has 29 heavy (non-hydrogen) atoms. The summed E-state index contributed by atoms with van der Waals surface area (Å²) in [6.45, 7) is 9.40. The van der Waals surface area contributed by atoms with Gasteiger partial charge in [-0.15, -0.1) is 0 Å². The summed E-state index contributed by atoms with van der Waals surface area (Å²) < 4.78 is 13.2. The quantitative estimate of drug-likeness (QED) is 0.479. The monoisotopic (exact) mass is 404 g/mol. The van der Waals surface area contributed by atoms with Gasteiger partial charge in [-0.05, 0) is 44.9 Å². The molecule has 0 aromatic heterocycles. The smallest absolute Gasteiger partial charge is 0.217 e. The van der Waals surface area contributed by atoms with E-state index in [1.807, 2.05) is 25.8 Å². The van der Waals surface area contributed by atoms with E-state index in [-0.39, 0.29) is 24.4 Å². The molecule has 8 heteroatoms. The van der Waals surface area contributed by atoms with Gasteiger partial charge in [0, 0.05) is 25.3 Å². The minimum Gasteiger partial charge on any atom is -0.394 e.